The molecule has 1 aromatic carbocycles. The molecular weight excluding hydrogens is 276 g/mol. The predicted octanol–water partition coefficient (Wildman–Crippen LogP) is 0.963. The van der Waals surface area contributed by atoms with Gasteiger partial charge in [0.05, 0.1) is 6.61 Å². The predicted molar refractivity (Wildman–Crippen MR) is 75.6 cm³/mol. The summed E-state index contributed by atoms with van der Waals surface area (Å²) in [5.74, 6) is 0. The molecule has 1 aromatic heterocycles. The van der Waals surface area contributed by atoms with Crippen molar-refractivity contribution in [2.24, 2.45) is 0 Å². The molecule has 0 fully saturated rings. The fourth-order valence-electron chi connectivity index (χ4n) is 1.84. The largest absolute Gasteiger partial charge is 0.395 e. The molecule has 0 aliphatic rings. The molecule has 0 unspecified atom stereocenters. The van der Waals surface area contributed by atoms with Gasteiger partial charge in [0, 0.05) is 18.4 Å². The number of aromatic nitrogens is 1. The van der Waals surface area contributed by atoms with Gasteiger partial charge >= 0.3 is 0 Å². The van der Waals surface area contributed by atoms with Gasteiger partial charge in [-0.2, -0.15) is 0 Å². The van der Waals surface area contributed by atoms with Crippen molar-refractivity contribution in [1.29, 1.82) is 0 Å². The van der Waals surface area contributed by atoms with Crippen LogP contribution < -0.4 is 4.72 Å². The third-order valence-electron chi connectivity index (χ3n) is 2.81. The second-order valence-corrected chi connectivity index (χ2v) is 6.09. The normalized spacial score (nSPS) is 13.1. The standard InChI is InChI=1S/C14H16N2O3S/c17-11-13(9-12-5-2-1-3-6-12)16-20(18,19)14-7-4-8-15-10-14/h1-8,10,13,16-17H,9,11H2/t13-/m1/s1. The molecule has 2 aromatic rings. The van der Waals surface area contributed by atoms with Gasteiger partial charge in [0.2, 0.25) is 10.0 Å². The number of rotatable bonds is 6. The Morgan fingerprint density at radius 2 is 1.90 bits per heavy atom. The van der Waals surface area contributed by atoms with Crippen LogP contribution in [0, 0.1) is 0 Å². The molecule has 0 spiro atoms. The second-order valence-electron chi connectivity index (χ2n) is 4.38. The molecule has 1 atom stereocenters. The summed E-state index contributed by atoms with van der Waals surface area (Å²) in [6.45, 7) is -0.269. The van der Waals surface area contributed by atoms with E-state index in [-0.39, 0.29) is 11.5 Å². The fraction of sp³-hybridized carbons (Fsp3) is 0.214. The molecule has 0 aliphatic heterocycles. The fourth-order valence-corrected chi connectivity index (χ4v) is 3.03. The number of benzene rings is 1. The van der Waals surface area contributed by atoms with Gasteiger partial charge in [-0.15, -0.1) is 0 Å². The Hall–Kier alpha value is -1.76. The number of hydrogen-bond donors (Lipinski definition) is 2. The first-order chi connectivity index (χ1) is 9.62. The van der Waals surface area contributed by atoms with Crippen molar-refractivity contribution >= 4 is 10.0 Å². The van der Waals surface area contributed by atoms with E-state index in [1.807, 2.05) is 30.3 Å². The highest BCUT2D eigenvalue weighted by Gasteiger charge is 2.19. The van der Waals surface area contributed by atoms with E-state index in [0.717, 1.165) is 5.56 Å². The minimum Gasteiger partial charge on any atom is -0.395 e. The minimum absolute atomic E-state index is 0.0894. The number of aliphatic hydroxyl groups is 1. The molecular formula is C14H16N2O3S. The van der Waals surface area contributed by atoms with Gasteiger partial charge in [0.1, 0.15) is 4.90 Å². The second kappa shape index (κ2) is 6.60. The first-order valence-corrected chi connectivity index (χ1v) is 7.67. The van der Waals surface area contributed by atoms with Crippen molar-refractivity contribution in [3.8, 4) is 0 Å². The summed E-state index contributed by atoms with van der Waals surface area (Å²) >= 11 is 0. The summed E-state index contributed by atoms with van der Waals surface area (Å²) in [5.41, 5.74) is 0.959. The first kappa shape index (κ1) is 14.6. The van der Waals surface area contributed by atoms with Gasteiger partial charge in [-0.05, 0) is 24.1 Å². The van der Waals surface area contributed by atoms with Gasteiger partial charge in [-0.25, -0.2) is 13.1 Å². The Morgan fingerprint density at radius 3 is 2.50 bits per heavy atom. The highest BCUT2D eigenvalue weighted by Crippen LogP contribution is 2.09. The number of nitrogens with one attached hydrogen (secondary N) is 1. The zero-order valence-corrected chi connectivity index (χ0v) is 11.6. The van der Waals surface area contributed by atoms with E-state index in [9.17, 15) is 13.5 Å². The molecule has 20 heavy (non-hydrogen) atoms. The van der Waals surface area contributed by atoms with Crippen molar-refractivity contribution < 1.29 is 13.5 Å². The topological polar surface area (TPSA) is 79.3 Å². The van der Waals surface area contributed by atoms with E-state index < -0.39 is 16.1 Å². The summed E-state index contributed by atoms with van der Waals surface area (Å²) in [7, 11) is -3.66. The summed E-state index contributed by atoms with van der Waals surface area (Å²) in [6.07, 6.45) is 3.21. The van der Waals surface area contributed by atoms with Gasteiger partial charge < -0.3 is 5.11 Å². The summed E-state index contributed by atoms with van der Waals surface area (Å²) < 4.78 is 26.7. The van der Waals surface area contributed by atoms with Crippen molar-refractivity contribution in [1.82, 2.24) is 9.71 Å². The van der Waals surface area contributed by atoms with Crippen LogP contribution in [0.5, 0.6) is 0 Å². The van der Waals surface area contributed by atoms with Gasteiger partial charge in [-0.3, -0.25) is 4.98 Å². The van der Waals surface area contributed by atoms with E-state index in [0.29, 0.717) is 6.42 Å². The molecule has 2 N–H and O–H groups in total. The van der Waals surface area contributed by atoms with Crippen molar-refractivity contribution in [3.63, 3.8) is 0 Å². The zero-order chi connectivity index (χ0) is 14.4. The van der Waals surface area contributed by atoms with Crippen LogP contribution in [0.15, 0.2) is 59.8 Å². The lowest BCUT2D eigenvalue weighted by Crippen LogP contribution is -2.39. The molecule has 0 radical (unpaired) electrons. The summed E-state index contributed by atoms with van der Waals surface area (Å²) in [5, 5.41) is 9.36. The lowest BCUT2D eigenvalue weighted by atomic mass is 10.1. The average Bonchev–Trinajstić information content (AvgIpc) is 2.48. The Labute approximate surface area is 118 Å². The van der Waals surface area contributed by atoms with Gasteiger partial charge in [-0.1, -0.05) is 30.3 Å². The molecule has 0 aliphatic carbocycles. The van der Waals surface area contributed by atoms with E-state index >= 15 is 0 Å². The molecule has 0 saturated carbocycles. The Morgan fingerprint density at radius 1 is 1.15 bits per heavy atom. The monoisotopic (exact) mass is 292 g/mol. The quantitative estimate of drug-likeness (QED) is 0.831. The van der Waals surface area contributed by atoms with Crippen molar-refractivity contribution in [2.75, 3.05) is 6.61 Å². The molecule has 5 nitrogen and oxygen atoms in total. The lowest BCUT2D eigenvalue weighted by Gasteiger charge is -2.16. The Balaban J connectivity index is 2.10. The van der Waals surface area contributed by atoms with Crippen LogP contribution in [0.1, 0.15) is 5.56 Å². The third-order valence-corrected chi connectivity index (χ3v) is 4.32. The number of aliphatic hydroxyl groups excluding tert-OH is 1. The third kappa shape index (κ3) is 3.86. The molecule has 2 rings (SSSR count). The maximum absolute atomic E-state index is 12.1. The van der Waals surface area contributed by atoms with Gasteiger partial charge in [0.15, 0.2) is 0 Å². The average molecular weight is 292 g/mol. The SMILES string of the molecule is O=S(=O)(N[C@@H](CO)Cc1ccccc1)c1cccnc1. The smallest absolute Gasteiger partial charge is 0.242 e. The van der Waals surface area contributed by atoms with Crippen LogP contribution in [0.3, 0.4) is 0 Å². The Kier molecular flexibility index (Phi) is 4.84. The first-order valence-electron chi connectivity index (χ1n) is 6.19. The van der Waals surface area contributed by atoms with Crippen LogP contribution in [0.4, 0.5) is 0 Å². The van der Waals surface area contributed by atoms with E-state index in [1.165, 1.54) is 18.5 Å². The number of nitrogens with zero attached hydrogens (tertiary/aromatic N) is 1. The summed E-state index contributed by atoms with van der Waals surface area (Å²) in [6, 6.07) is 11.9. The molecule has 106 valence electrons. The minimum atomic E-state index is -3.66. The van der Waals surface area contributed by atoms with E-state index in [1.54, 1.807) is 6.07 Å². The maximum atomic E-state index is 12.1. The van der Waals surface area contributed by atoms with Crippen molar-refractivity contribution in [2.45, 2.75) is 17.4 Å². The van der Waals surface area contributed by atoms with Crippen LogP contribution in [0.2, 0.25) is 0 Å². The van der Waals surface area contributed by atoms with Crippen LogP contribution in [-0.2, 0) is 16.4 Å². The maximum Gasteiger partial charge on any atom is 0.242 e. The molecule has 1 heterocycles. The number of hydrogen-bond acceptors (Lipinski definition) is 4. The highest BCUT2D eigenvalue weighted by atomic mass is 32.2. The van der Waals surface area contributed by atoms with Crippen LogP contribution in [-0.4, -0.2) is 31.2 Å². The Bertz CT molecular complexity index is 630. The van der Waals surface area contributed by atoms with Crippen LogP contribution >= 0.6 is 0 Å². The highest BCUT2D eigenvalue weighted by molar-refractivity contribution is 7.89. The molecule has 0 amide bonds. The van der Waals surface area contributed by atoms with Gasteiger partial charge in [0.25, 0.3) is 0 Å². The lowest BCUT2D eigenvalue weighted by molar-refractivity contribution is 0.256. The number of pyridine rings is 1. The molecule has 0 saturated heterocycles. The molecule has 0 bridgehead atoms. The van der Waals surface area contributed by atoms with Crippen LogP contribution in [0.25, 0.3) is 0 Å². The summed E-state index contributed by atoms with van der Waals surface area (Å²) in [4.78, 5) is 3.88. The van der Waals surface area contributed by atoms with E-state index in [4.69, 9.17) is 0 Å². The molecule has 6 heteroatoms. The number of sulfonamides is 1. The van der Waals surface area contributed by atoms with E-state index in [2.05, 4.69) is 9.71 Å². The van der Waals surface area contributed by atoms with Crippen molar-refractivity contribution in [3.05, 3.63) is 60.4 Å². The zero-order valence-electron chi connectivity index (χ0n) is 10.8.